The summed E-state index contributed by atoms with van der Waals surface area (Å²) in [6.45, 7) is 1.41. The van der Waals surface area contributed by atoms with Crippen LogP contribution in [0.25, 0.3) is 32.5 Å². The molecule has 0 aliphatic carbocycles. The summed E-state index contributed by atoms with van der Waals surface area (Å²) in [4.78, 5) is 28.8. The molecule has 0 aliphatic heterocycles. The second-order valence-electron chi connectivity index (χ2n) is 6.22. The van der Waals surface area contributed by atoms with E-state index in [0.29, 0.717) is 10.2 Å². The predicted molar refractivity (Wildman–Crippen MR) is 104 cm³/mol. The zero-order valence-electron chi connectivity index (χ0n) is 14.5. The molecular weight excluding hydrogens is 360 g/mol. The SMILES string of the molecule is C[C@H](C(=O)[O-])n1cnc2scc(-c3ccc(-c4ccccc4)cc3)c2c1=O. The van der Waals surface area contributed by atoms with Crippen molar-refractivity contribution in [1.82, 2.24) is 9.55 Å². The molecule has 0 radical (unpaired) electrons. The van der Waals surface area contributed by atoms with E-state index in [9.17, 15) is 14.7 Å². The summed E-state index contributed by atoms with van der Waals surface area (Å²) in [6, 6.07) is 16.9. The fourth-order valence-corrected chi connectivity index (χ4v) is 3.93. The fourth-order valence-electron chi connectivity index (χ4n) is 3.02. The van der Waals surface area contributed by atoms with E-state index in [1.165, 1.54) is 24.6 Å². The molecule has 0 bridgehead atoms. The van der Waals surface area contributed by atoms with Gasteiger partial charge in [-0.2, -0.15) is 0 Å². The van der Waals surface area contributed by atoms with Gasteiger partial charge in [0.2, 0.25) is 0 Å². The second-order valence-corrected chi connectivity index (χ2v) is 7.08. The molecule has 6 heteroatoms. The van der Waals surface area contributed by atoms with Gasteiger partial charge in [0.25, 0.3) is 5.56 Å². The van der Waals surface area contributed by atoms with Crippen molar-refractivity contribution in [2.75, 3.05) is 0 Å². The van der Waals surface area contributed by atoms with Crippen molar-refractivity contribution in [3.8, 4) is 22.3 Å². The van der Waals surface area contributed by atoms with Crippen molar-refractivity contribution >= 4 is 27.5 Å². The standard InChI is InChI=1S/C21H16N2O3S/c1-13(21(25)26)23-12-22-19-18(20(23)24)17(11-27-19)16-9-7-15(8-10-16)14-5-3-2-4-6-14/h2-13H,1H3,(H,25,26)/p-1/t13-/m1/s1. The predicted octanol–water partition coefficient (Wildman–Crippen LogP) is 3.10. The van der Waals surface area contributed by atoms with Gasteiger partial charge in [-0.25, -0.2) is 4.98 Å². The molecule has 2 heterocycles. The van der Waals surface area contributed by atoms with Crippen molar-refractivity contribution in [3.63, 3.8) is 0 Å². The zero-order chi connectivity index (χ0) is 19.0. The molecule has 2 aromatic heterocycles. The Hall–Kier alpha value is -3.25. The molecule has 0 unspecified atom stereocenters. The number of carboxylic acids is 1. The van der Waals surface area contributed by atoms with Gasteiger partial charge in [0.15, 0.2) is 0 Å². The monoisotopic (exact) mass is 375 g/mol. The van der Waals surface area contributed by atoms with E-state index >= 15 is 0 Å². The van der Waals surface area contributed by atoms with Gasteiger partial charge in [-0.05, 0) is 23.6 Å². The Morgan fingerprint density at radius 3 is 2.33 bits per heavy atom. The number of rotatable bonds is 4. The second kappa shape index (κ2) is 6.81. The van der Waals surface area contributed by atoms with Crippen LogP contribution in [0.3, 0.4) is 0 Å². The number of aliphatic carboxylic acids is 1. The van der Waals surface area contributed by atoms with Gasteiger partial charge in [-0.1, -0.05) is 54.6 Å². The van der Waals surface area contributed by atoms with Gasteiger partial charge < -0.3 is 9.90 Å². The molecule has 0 fully saturated rings. The third-order valence-electron chi connectivity index (χ3n) is 4.58. The number of hydrogen-bond donors (Lipinski definition) is 0. The number of thiophene rings is 1. The van der Waals surface area contributed by atoms with Gasteiger partial charge in [-0.3, -0.25) is 9.36 Å². The van der Waals surface area contributed by atoms with Crippen molar-refractivity contribution in [2.45, 2.75) is 13.0 Å². The normalized spacial score (nSPS) is 12.2. The average molecular weight is 375 g/mol. The lowest BCUT2D eigenvalue weighted by molar-refractivity contribution is -0.309. The first kappa shape index (κ1) is 17.2. The molecule has 134 valence electrons. The summed E-state index contributed by atoms with van der Waals surface area (Å²) in [6.07, 6.45) is 1.27. The molecule has 0 saturated carbocycles. The van der Waals surface area contributed by atoms with E-state index in [4.69, 9.17) is 0 Å². The topological polar surface area (TPSA) is 75.0 Å². The van der Waals surface area contributed by atoms with Crippen molar-refractivity contribution in [2.24, 2.45) is 0 Å². The Morgan fingerprint density at radius 1 is 1.04 bits per heavy atom. The summed E-state index contributed by atoms with van der Waals surface area (Å²) >= 11 is 1.36. The average Bonchev–Trinajstić information content (AvgIpc) is 3.13. The Bertz CT molecular complexity index is 1180. The number of carboxylic acid groups (broad SMARTS) is 1. The largest absolute Gasteiger partial charge is 0.548 e. The lowest BCUT2D eigenvalue weighted by Gasteiger charge is -2.15. The minimum Gasteiger partial charge on any atom is -0.548 e. The van der Waals surface area contributed by atoms with E-state index in [-0.39, 0.29) is 5.56 Å². The van der Waals surface area contributed by atoms with Crippen LogP contribution in [0.15, 0.2) is 71.1 Å². The van der Waals surface area contributed by atoms with Crippen LogP contribution in [-0.4, -0.2) is 15.5 Å². The number of aromatic nitrogens is 2. The first-order valence-corrected chi connectivity index (χ1v) is 9.29. The molecule has 0 aliphatic rings. The highest BCUT2D eigenvalue weighted by molar-refractivity contribution is 7.17. The van der Waals surface area contributed by atoms with E-state index in [1.54, 1.807) is 0 Å². The molecule has 1 atom stereocenters. The third kappa shape index (κ3) is 3.04. The van der Waals surface area contributed by atoms with Crippen molar-refractivity contribution in [3.05, 3.63) is 76.7 Å². The lowest BCUT2D eigenvalue weighted by Crippen LogP contribution is -2.36. The molecular formula is C21H15N2O3S-. The Kier molecular flexibility index (Phi) is 4.33. The third-order valence-corrected chi connectivity index (χ3v) is 5.47. The zero-order valence-corrected chi connectivity index (χ0v) is 15.3. The van der Waals surface area contributed by atoms with Crippen molar-refractivity contribution in [1.29, 1.82) is 0 Å². The number of hydrogen-bond acceptors (Lipinski definition) is 5. The van der Waals surface area contributed by atoms with Crippen molar-refractivity contribution < 1.29 is 9.90 Å². The number of carbonyl (C=O) groups is 1. The van der Waals surface area contributed by atoms with E-state index in [0.717, 1.165) is 26.8 Å². The van der Waals surface area contributed by atoms with E-state index < -0.39 is 12.0 Å². The molecule has 0 N–H and O–H groups in total. The Morgan fingerprint density at radius 2 is 1.67 bits per heavy atom. The molecule has 4 aromatic rings. The summed E-state index contributed by atoms with van der Waals surface area (Å²) in [7, 11) is 0. The highest BCUT2D eigenvalue weighted by Crippen LogP contribution is 2.32. The molecule has 4 rings (SSSR count). The van der Waals surface area contributed by atoms with Crippen LogP contribution in [-0.2, 0) is 4.79 Å². The summed E-state index contributed by atoms with van der Waals surface area (Å²) < 4.78 is 1.10. The number of fused-ring (bicyclic) bond motifs is 1. The van der Waals surface area contributed by atoms with Gasteiger partial charge in [-0.15, -0.1) is 11.3 Å². The molecule has 5 nitrogen and oxygen atoms in total. The van der Waals surface area contributed by atoms with Crippen LogP contribution in [0.4, 0.5) is 0 Å². The van der Waals surface area contributed by atoms with Gasteiger partial charge >= 0.3 is 0 Å². The maximum atomic E-state index is 12.9. The highest BCUT2D eigenvalue weighted by Gasteiger charge is 2.16. The van der Waals surface area contributed by atoms with E-state index in [1.807, 2.05) is 60.0 Å². The number of benzene rings is 2. The van der Waals surface area contributed by atoms with Gasteiger partial charge in [0.05, 0.1) is 23.7 Å². The van der Waals surface area contributed by atoms with Crippen LogP contribution in [0.1, 0.15) is 13.0 Å². The highest BCUT2D eigenvalue weighted by atomic mass is 32.1. The Balaban J connectivity index is 1.81. The summed E-state index contributed by atoms with van der Waals surface area (Å²) in [5.41, 5.74) is 3.47. The molecule has 27 heavy (non-hydrogen) atoms. The first-order chi connectivity index (χ1) is 13.1. The van der Waals surface area contributed by atoms with Gasteiger partial charge in [0, 0.05) is 10.9 Å². The van der Waals surface area contributed by atoms with Crippen LogP contribution < -0.4 is 10.7 Å². The summed E-state index contributed by atoms with van der Waals surface area (Å²) in [5.74, 6) is -1.32. The van der Waals surface area contributed by atoms with Crippen LogP contribution in [0, 0.1) is 0 Å². The minimum atomic E-state index is -1.32. The molecule has 0 spiro atoms. The first-order valence-electron chi connectivity index (χ1n) is 8.41. The summed E-state index contributed by atoms with van der Waals surface area (Å²) in [5, 5.41) is 13.5. The van der Waals surface area contributed by atoms with Gasteiger partial charge in [0.1, 0.15) is 4.83 Å². The molecule has 0 saturated heterocycles. The Labute approximate surface area is 159 Å². The molecule has 0 amide bonds. The quantitative estimate of drug-likeness (QED) is 0.549. The minimum absolute atomic E-state index is 0.375. The van der Waals surface area contributed by atoms with Crippen LogP contribution in [0.5, 0.6) is 0 Å². The van der Waals surface area contributed by atoms with Crippen LogP contribution in [0.2, 0.25) is 0 Å². The molecule has 2 aromatic carbocycles. The number of carbonyl (C=O) groups excluding carboxylic acids is 1. The number of nitrogens with zero attached hydrogens (tertiary/aromatic N) is 2. The smallest absolute Gasteiger partial charge is 0.263 e. The lowest BCUT2D eigenvalue weighted by atomic mass is 10.0. The maximum absolute atomic E-state index is 12.9. The maximum Gasteiger partial charge on any atom is 0.263 e. The van der Waals surface area contributed by atoms with E-state index in [2.05, 4.69) is 4.98 Å². The fraction of sp³-hybridized carbons (Fsp3) is 0.0952. The van der Waals surface area contributed by atoms with Crippen LogP contribution >= 0.6 is 11.3 Å².